The van der Waals surface area contributed by atoms with E-state index in [9.17, 15) is 10.2 Å². The summed E-state index contributed by atoms with van der Waals surface area (Å²) in [6.45, 7) is 0. The van der Waals surface area contributed by atoms with Gasteiger partial charge in [-0.2, -0.15) is 0 Å². The molecular weight excluding hydrogens is 356 g/mol. The Balaban J connectivity index is 0.000000158. The zero-order chi connectivity index (χ0) is 18.5. The maximum atomic E-state index is 9.70. The van der Waals surface area contributed by atoms with Crippen LogP contribution in [0.3, 0.4) is 0 Å². The lowest BCUT2D eigenvalue weighted by Crippen LogP contribution is -2.26. The van der Waals surface area contributed by atoms with Gasteiger partial charge >= 0.3 is 0 Å². The number of benzene rings is 1. The number of anilines is 1. The van der Waals surface area contributed by atoms with Crippen molar-refractivity contribution in [2.45, 2.75) is 31.5 Å². The first-order chi connectivity index (χ1) is 12.6. The van der Waals surface area contributed by atoms with Crippen LogP contribution in [0.15, 0.2) is 36.9 Å². The highest BCUT2D eigenvalue weighted by molar-refractivity contribution is 6.30. The lowest BCUT2D eigenvalue weighted by Gasteiger charge is -2.16. The molecule has 1 aromatic carbocycles. The van der Waals surface area contributed by atoms with E-state index >= 15 is 0 Å². The second-order valence-electron chi connectivity index (χ2n) is 6.19. The maximum Gasteiger partial charge on any atom is 0.182 e. The largest absolute Gasteiger partial charge is 0.390 e. The smallest absolute Gasteiger partial charge is 0.182 e. The number of aromatic amines is 1. The summed E-state index contributed by atoms with van der Waals surface area (Å²) in [5.74, 6) is 5.92. The molecule has 1 aliphatic carbocycles. The van der Waals surface area contributed by atoms with E-state index in [2.05, 4.69) is 25.4 Å². The minimum atomic E-state index is -0.569. The monoisotopic (exact) mass is 376 g/mol. The SMILES string of the molecule is NNc1ncnc2nc[nH]c12.OC1CCC(Cc2ccc(Cl)cc2)C1O. The summed E-state index contributed by atoms with van der Waals surface area (Å²) in [5.41, 5.74) is 4.92. The van der Waals surface area contributed by atoms with Crippen molar-refractivity contribution >= 4 is 28.6 Å². The van der Waals surface area contributed by atoms with Crippen molar-refractivity contribution in [1.82, 2.24) is 19.9 Å². The predicted octanol–water partition coefficient (Wildman–Crippen LogP) is 1.65. The van der Waals surface area contributed by atoms with Crippen molar-refractivity contribution in [3.8, 4) is 0 Å². The van der Waals surface area contributed by atoms with E-state index in [-0.39, 0.29) is 5.92 Å². The number of aliphatic hydroxyl groups excluding tert-OH is 2. The van der Waals surface area contributed by atoms with Crippen LogP contribution < -0.4 is 11.3 Å². The first-order valence-electron chi connectivity index (χ1n) is 8.29. The van der Waals surface area contributed by atoms with Gasteiger partial charge in [-0.25, -0.2) is 20.8 Å². The van der Waals surface area contributed by atoms with Crippen LogP contribution in [0.4, 0.5) is 5.82 Å². The summed E-state index contributed by atoms with van der Waals surface area (Å²) >= 11 is 5.79. The van der Waals surface area contributed by atoms with E-state index in [1.807, 2.05) is 24.3 Å². The molecule has 0 spiro atoms. The van der Waals surface area contributed by atoms with Crippen LogP contribution in [-0.4, -0.2) is 42.4 Å². The molecular formula is C17H21ClN6O2. The van der Waals surface area contributed by atoms with Gasteiger partial charge in [0.2, 0.25) is 0 Å². The lowest BCUT2D eigenvalue weighted by atomic mass is 9.96. The Kier molecular flexibility index (Phi) is 6.00. The standard InChI is InChI=1S/C12H15ClO2.C5H6N6/c13-10-4-1-8(2-5-10)7-9-3-6-11(14)12(9)15;6-11-5-3-4(8-1-7-3)9-2-10-5/h1-2,4-5,9,11-12,14-15H,3,6-7H2;1-2H,6H2,(H2,7,8,9,10,11). The Morgan fingerprint density at radius 3 is 2.58 bits per heavy atom. The van der Waals surface area contributed by atoms with Gasteiger partial charge in [-0.1, -0.05) is 23.7 Å². The molecule has 3 unspecified atom stereocenters. The maximum absolute atomic E-state index is 9.70. The number of aromatic nitrogens is 4. The summed E-state index contributed by atoms with van der Waals surface area (Å²) in [5, 5.41) is 19.8. The van der Waals surface area contributed by atoms with Gasteiger partial charge in [0.05, 0.1) is 18.5 Å². The number of nitrogens with two attached hydrogens (primary N) is 1. The van der Waals surface area contributed by atoms with E-state index in [1.165, 1.54) is 6.33 Å². The molecule has 0 amide bonds. The number of nitrogens with one attached hydrogen (secondary N) is 2. The molecule has 4 rings (SSSR count). The highest BCUT2D eigenvalue weighted by Crippen LogP contribution is 2.29. The van der Waals surface area contributed by atoms with Crippen LogP contribution in [0.25, 0.3) is 11.2 Å². The van der Waals surface area contributed by atoms with E-state index in [0.717, 1.165) is 28.9 Å². The van der Waals surface area contributed by atoms with Gasteiger partial charge in [0.25, 0.3) is 0 Å². The molecule has 138 valence electrons. The third kappa shape index (κ3) is 4.28. The summed E-state index contributed by atoms with van der Waals surface area (Å²) < 4.78 is 0. The van der Waals surface area contributed by atoms with Crippen molar-refractivity contribution in [3.63, 3.8) is 0 Å². The highest BCUT2D eigenvalue weighted by atomic mass is 35.5. The molecule has 1 saturated carbocycles. The molecule has 0 bridgehead atoms. The second kappa shape index (κ2) is 8.41. The number of fused-ring (bicyclic) bond motifs is 1. The number of H-pyrrole nitrogens is 1. The Bertz CT molecular complexity index is 841. The van der Waals surface area contributed by atoms with Crippen LogP contribution in [0.5, 0.6) is 0 Å². The van der Waals surface area contributed by atoms with Crippen LogP contribution >= 0.6 is 11.6 Å². The van der Waals surface area contributed by atoms with E-state index in [0.29, 0.717) is 17.9 Å². The number of nitrogens with zero attached hydrogens (tertiary/aromatic N) is 3. The molecule has 0 radical (unpaired) electrons. The van der Waals surface area contributed by atoms with Gasteiger partial charge in [-0.05, 0) is 42.9 Å². The number of hydrazine groups is 1. The number of nitrogen functional groups attached to an aromatic ring is 1. The number of halogens is 1. The quantitative estimate of drug-likeness (QED) is 0.346. The number of hydrogen-bond acceptors (Lipinski definition) is 7. The second-order valence-corrected chi connectivity index (χ2v) is 6.63. The molecule has 8 nitrogen and oxygen atoms in total. The molecule has 9 heteroatoms. The molecule has 2 heterocycles. The van der Waals surface area contributed by atoms with E-state index in [4.69, 9.17) is 17.4 Å². The fourth-order valence-corrected chi connectivity index (χ4v) is 3.19. The zero-order valence-corrected chi connectivity index (χ0v) is 14.8. The minimum absolute atomic E-state index is 0.182. The average Bonchev–Trinajstić information content (AvgIpc) is 3.26. The van der Waals surface area contributed by atoms with Crippen molar-refractivity contribution < 1.29 is 10.2 Å². The molecule has 2 aromatic heterocycles. The molecule has 0 aliphatic heterocycles. The van der Waals surface area contributed by atoms with Crippen molar-refractivity contribution in [2.75, 3.05) is 5.43 Å². The average molecular weight is 377 g/mol. The van der Waals surface area contributed by atoms with Crippen LogP contribution in [-0.2, 0) is 6.42 Å². The Labute approximate surface area is 155 Å². The number of aliphatic hydroxyl groups is 2. The summed E-state index contributed by atoms with van der Waals surface area (Å²) in [4.78, 5) is 14.6. The molecule has 1 aliphatic rings. The normalized spacial score (nSPS) is 22.1. The third-order valence-electron chi connectivity index (χ3n) is 4.48. The Morgan fingerprint density at radius 2 is 1.92 bits per heavy atom. The Morgan fingerprint density at radius 1 is 1.15 bits per heavy atom. The summed E-state index contributed by atoms with van der Waals surface area (Å²) in [6.07, 6.45) is 4.25. The fourth-order valence-electron chi connectivity index (χ4n) is 3.06. The Hall–Kier alpha value is -2.26. The summed E-state index contributed by atoms with van der Waals surface area (Å²) in [6, 6.07) is 7.66. The number of imidazole rings is 1. The van der Waals surface area contributed by atoms with Crippen molar-refractivity contribution in [2.24, 2.45) is 11.8 Å². The molecule has 3 atom stereocenters. The van der Waals surface area contributed by atoms with Crippen LogP contribution in [0.1, 0.15) is 18.4 Å². The highest BCUT2D eigenvalue weighted by Gasteiger charge is 2.32. The van der Waals surface area contributed by atoms with Gasteiger partial charge in [-0.15, -0.1) is 0 Å². The van der Waals surface area contributed by atoms with Crippen LogP contribution in [0, 0.1) is 5.92 Å². The van der Waals surface area contributed by atoms with E-state index in [1.54, 1.807) is 6.33 Å². The van der Waals surface area contributed by atoms with Crippen LogP contribution in [0.2, 0.25) is 5.02 Å². The molecule has 1 fully saturated rings. The first kappa shape index (κ1) is 18.5. The first-order valence-corrected chi connectivity index (χ1v) is 8.67. The fraction of sp³-hybridized carbons (Fsp3) is 0.353. The lowest BCUT2D eigenvalue weighted by molar-refractivity contribution is 0.0207. The number of rotatable bonds is 3. The van der Waals surface area contributed by atoms with Crippen molar-refractivity contribution in [1.29, 1.82) is 0 Å². The van der Waals surface area contributed by atoms with Gasteiger partial charge < -0.3 is 20.6 Å². The molecule has 6 N–H and O–H groups in total. The van der Waals surface area contributed by atoms with Gasteiger partial charge in [0.15, 0.2) is 11.5 Å². The molecule has 3 aromatic rings. The number of hydrogen-bond donors (Lipinski definition) is 5. The minimum Gasteiger partial charge on any atom is -0.390 e. The zero-order valence-electron chi connectivity index (χ0n) is 14.0. The van der Waals surface area contributed by atoms with Gasteiger partial charge in [0.1, 0.15) is 11.8 Å². The third-order valence-corrected chi connectivity index (χ3v) is 4.73. The summed E-state index contributed by atoms with van der Waals surface area (Å²) in [7, 11) is 0. The van der Waals surface area contributed by atoms with E-state index < -0.39 is 12.2 Å². The van der Waals surface area contributed by atoms with Crippen molar-refractivity contribution in [3.05, 3.63) is 47.5 Å². The van der Waals surface area contributed by atoms with Gasteiger partial charge in [0, 0.05) is 5.02 Å². The molecule has 26 heavy (non-hydrogen) atoms. The van der Waals surface area contributed by atoms with Gasteiger partial charge in [-0.3, -0.25) is 0 Å². The molecule has 0 saturated heterocycles. The predicted molar refractivity (Wildman–Crippen MR) is 99.4 cm³/mol. The topological polar surface area (TPSA) is 133 Å².